The molecule has 0 unspecified atom stereocenters. The van der Waals surface area contributed by atoms with Gasteiger partial charge in [-0.25, -0.2) is 4.79 Å². The van der Waals surface area contributed by atoms with Gasteiger partial charge < -0.3 is 19.1 Å². The van der Waals surface area contributed by atoms with E-state index >= 15 is 0 Å². The predicted molar refractivity (Wildman–Crippen MR) is 90.7 cm³/mol. The van der Waals surface area contributed by atoms with E-state index < -0.39 is 36.0 Å². The first-order valence-electron chi connectivity index (χ1n) is 8.62. The number of hydrogen-bond acceptors (Lipinski definition) is 5. The van der Waals surface area contributed by atoms with Crippen LogP contribution >= 0.6 is 0 Å². The summed E-state index contributed by atoms with van der Waals surface area (Å²) in [6.45, 7) is 10.4. The number of likely N-dealkylation sites (N-methyl/N-ethyl adjacent to an activating group) is 1. The molecule has 5 atom stereocenters. The van der Waals surface area contributed by atoms with Gasteiger partial charge in [-0.15, -0.1) is 0 Å². The molecule has 3 aliphatic heterocycles. The van der Waals surface area contributed by atoms with E-state index in [1.54, 1.807) is 16.8 Å². The fourth-order valence-corrected chi connectivity index (χ4v) is 4.36. The van der Waals surface area contributed by atoms with Crippen LogP contribution in [0.25, 0.3) is 0 Å². The van der Waals surface area contributed by atoms with Crippen LogP contribution in [0.1, 0.15) is 20.8 Å². The second-order valence-corrected chi connectivity index (χ2v) is 7.02. The third-order valence-electron chi connectivity index (χ3n) is 5.15. The minimum Gasteiger partial charge on any atom is -0.445 e. The van der Waals surface area contributed by atoms with Gasteiger partial charge in [0.15, 0.2) is 6.23 Å². The summed E-state index contributed by atoms with van der Waals surface area (Å²) in [6, 6.07) is -0.418. The molecule has 0 aliphatic carbocycles. The van der Waals surface area contributed by atoms with Crippen molar-refractivity contribution in [3.05, 3.63) is 24.3 Å². The van der Waals surface area contributed by atoms with Crippen LogP contribution in [-0.4, -0.2) is 72.6 Å². The minimum atomic E-state index is -0.739. The molecule has 25 heavy (non-hydrogen) atoms. The third-order valence-corrected chi connectivity index (χ3v) is 5.15. The van der Waals surface area contributed by atoms with Gasteiger partial charge in [0.1, 0.15) is 18.3 Å². The summed E-state index contributed by atoms with van der Waals surface area (Å²) in [5.41, 5.74) is 0.264. The van der Waals surface area contributed by atoms with Gasteiger partial charge in [-0.1, -0.05) is 24.3 Å². The Kier molecular flexibility index (Phi) is 4.64. The molecule has 3 rings (SSSR count). The Labute approximate surface area is 148 Å². The predicted octanol–water partition coefficient (Wildman–Crippen LogP) is 1.55. The number of carbonyl (C=O) groups is 2. The SMILES string of the molecule is C=CCOC(=O)N1CC(C)=C[C@]2(C)O[C@H]3[C@H](C(=O)N(C)[C@@H]3OCC)[C@H]12. The molecule has 2 fully saturated rings. The largest absolute Gasteiger partial charge is 0.445 e. The quantitative estimate of drug-likeness (QED) is 0.720. The first kappa shape index (κ1) is 17.9. The molecule has 0 saturated carbocycles. The molecular formula is C18H26N2O5. The van der Waals surface area contributed by atoms with Crippen LogP contribution in [0.4, 0.5) is 4.79 Å². The van der Waals surface area contributed by atoms with E-state index in [1.165, 1.54) is 6.08 Å². The maximum absolute atomic E-state index is 12.9. The number of carbonyl (C=O) groups excluding carboxylic acids is 2. The molecule has 0 bridgehead atoms. The van der Waals surface area contributed by atoms with Crippen molar-refractivity contribution in [2.75, 3.05) is 26.8 Å². The van der Waals surface area contributed by atoms with Gasteiger partial charge in [0.25, 0.3) is 0 Å². The highest BCUT2D eigenvalue weighted by molar-refractivity contribution is 5.85. The summed E-state index contributed by atoms with van der Waals surface area (Å²) in [7, 11) is 1.71. The molecule has 0 radical (unpaired) electrons. The lowest BCUT2D eigenvalue weighted by Gasteiger charge is -2.42. The van der Waals surface area contributed by atoms with Gasteiger partial charge in [-0.3, -0.25) is 9.69 Å². The van der Waals surface area contributed by atoms with E-state index in [1.807, 2.05) is 26.8 Å². The van der Waals surface area contributed by atoms with Crippen LogP contribution in [0.3, 0.4) is 0 Å². The molecule has 2 amide bonds. The van der Waals surface area contributed by atoms with E-state index in [4.69, 9.17) is 14.2 Å². The van der Waals surface area contributed by atoms with Crippen molar-refractivity contribution in [2.24, 2.45) is 5.92 Å². The monoisotopic (exact) mass is 350 g/mol. The molecule has 3 aliphatic rings. The van der Waals surface area contributed by atoms with Crippen molar-refractivity contribution in [1.82, 2.24) is 9.80 Å². The molecule has 3 heterocycles. The lowest BCUT2D eigenvalue weighted by molar-refractivity contribution is -0.147. The maximum Gasteiger partial charge on any atom is 0.410 e. The molecule has 0 N–H and O–H groups in total. The van der Waals surface area contributed by atoms with E-state index in [0.717, 1.165) is 5.57 Å². The normalized spacial score (nSPS) is 36.8. The Bertz CT molecular complexity index is 619. The summed E-state index contributed by atoms with van der Waals surface area (Å²) in [5.74, 6) is -0.529. The number of likely N-dealkylation sites (tertiary alicyclic amines) is 1. The molecule has 0 aromatic rings. The van der Waals surface area contributed by atoms with E-state index in [0.29, 0.717) is 13.2 Å². The Morgan fingerprint density at radius 2 is 2.28 bits per heavy atom. The Morgan fingerprint density at radius 1 is 1.56 bits per heavy atom. The standard InChI is InChI=1S/C18H26N2O5/c1-6-8-24-17(22)20-10-11(3)9-18(4)14(20)12-13(25-18)16(23-7-2)19(5)15(12)21/h6,9,12-14,16H,1,7-8,10H2,2-5H3/t12-,13-,14-,16+,18-/m0/s1. The fourth-order valence-electron chi connectivity index (χ4n) is 4.36. The topological polar surface area (TPSA) is 68.3 Å². The molecule has 2 saturated heterocycles. The average Bonchev–Trinajstić information content (AvgIpc) is 2.97. The summed E-state index contributed by atoms with van der Waals surface area (Å²) in [4.78, 5) is 28.7. The van der Waals surface area contributed by atoms with Gasteiger partial charge in [-0.05, 0) is 20.8 Å². The number of hydrogen-bond donors (Lipinski definition) is 0. The van der Waals surface area contributed by atoms with Crippen LogP contribution in [0, 0.1) is 5.92 Å². The summed E-state index contributed by atoms with van der Waals surface area (Å²) >= 11 is 0. The highest BCUT2D eigenvalue weighted by atomic mass is 16.6. The van der Waals surface area contributed by atoms with Crippen LogP contribution in [0.15, 0.2) is 24.3 Å². The van der Waals surface area contributed by atoms with Crippen LogP contribution in [0.5, 0.6) is 0 Å². The highest BCUT2D eigenvalue weighted by Crippen LogP contribution is 2.48. The van der Waals surface area contributed by atoms with Gasteiger partial charge in [0.05, 0.1) is 12.0 Å². The minimum absolute atomic E-state index is 0.0633. The Balaban J connectivity index is 1.96. The molecule has 7 nitrogen and oxygen atoms in total. The van der Waals surface area contributed by atoms with E-state index in [9.17, 15) is 9.59 Å². The molecular weight excluding hydrogens is 324 g/mol. The van der Waals surface area contributed by atoms with E-state index in [-0.39, 0.29) is 12.5 Å². The number of fused-ring (bicyclic) bond motifs is 3. The van der Waals surface area contributed by atoms with Crippen molar-refractivity contribution in [2.45, 2.75) is 44.7 Å². The van der Waals surface area contributed by atoms with Gasteiger partial charge in [0.2, 0.25) is 5.91 Å². The zero-order chi connectivity index (χ0) is 18.4. The molecule has 7 heteroatoms. The number of rotatable bonds is 4. The van der Waals surface area contributed by atoms with Gasteiger partial charge in [0, 0.05) is 20.2 Å². The highest BCUT2D eigenvalue weighted by Gasteiger charge is 2.65. The smallest absolute Gasteiger partial charge is 0.410 e. The Hall–Kier alpha value is -1.86. The summed E-state index contributed by atoms with van der Waals surface area (Å²) in [5, 5.41) is 0. The summed E-state index contributed by atoms with van der Waals surface area (Å²) in [6.07, 6.45) is 2.23. The van der Waals surface area contributed by atoms with Crippen molar-refractivity contribution in [3.63, 3.8) is 0 Å². The fraction of sp³-hybridized carbons (Fsp3) is 0.667. The lowest BCUT2D eigenvalue weighted by Crippen LogP contribution is -2.57. The zero-order valence-corrected chi connectivity index (χ0v) is 15.2. The second-order valence-electron chi connectivity index (χ2n) is 7.02. The van der Waals surface area contributed by atoms with Crippen molar-refractivity contribution in [1.29, 1.82) is 0 Å². The van der Waals surface area contributed by atoms with Crippen LogP contribution in [-0.2, 0) is 19.0 Å². The van der Waals surface area contributed by atoms with Crippen molar-refractivity contribution < 1.29 is 23.8 Å². The number of ether oxygens (including phenoxy) is 3. The number of amides is 2. The van der Waals surface area contributed by atoms with Gasteiger partial charge in [-0.2, -0.15) is 0 Å². The average molecular weight is 350 g/mol. The molecule has 0 spiro atoms. The molecule has 138 valence electrons. The molecule has 0 aromatic heterocycles. The first-order valence-corrected chi connectivity index (χ1v) is 8.62. The van der Waals surface area contributed by atoms with Crippen LogP contribution < -0.4 is 0 Å². The van der Waals surface area contributed by atoms with Crippen LogP contribution in [0.2, 0.25) is 0 Å². The maximum atomic E-state index is 12.9. The first-order chi connectivity index (χ1) is 11.8. The number of nitrogens with zero attached hydrogens (tertiary/aromatic N) is 2. The zero-order valence-electron chi connectivity index (χ0n) is 15.2. The third kappa shape index (κ3) is 2.75. The van der Waals surface area contributed by atoms with Crippen molar-refractivity contribution in [3.8, 4) is 0 Å². The second kappa shape index (κ2) is 6.46. The van der Waals surface area contributed by atoms with Gasteiger partial charge >= 0.3 is 6.09 Å². The van der Waals surface area contributed by atoms with Crippen molar-refractivity contribution >= 4 is 12.0 Å². The molecule has 0 aromatic carbocycles. The summed E-state index contributed by atoms with van der Waals surface area (Å²) < 4.78 is 17.3. The van der Waals surface area contributed by atoms with E-state index in [2.05, 4.69) is 6.58 Å². The lowest BCUT2D eigenvalue weighted by atomic mass is 9.82. The Morgan fingerprint density at radius 3 is 2.92 bits per heavy atom.